The van der Waals surface area contributed by atoms with Crippen LogP contribution in [0.4, 0.5) is 0 Å². The van der Waals surface area contributed by atoms with E-state index in [9.17, 15) is 14.7 Å². The highest BCUT2D eigenvalue weighted by Gasteiger charge is 2.34. The second-order valence-corrected chi connectivity index (χ2v) is 5.91. The zero-order valence-corrected chi connectivity index (χ0v) is 12.4. The molecule has 1 heterocycles. The maximum absolute atomic E-state index is 11.8. The lowest BCUT2D eigenvalue weighted by Gasteiger charge is -2.38. The highest BCUT2D eigenvalue weighted by Crippen LogP contribution is 2.20. The lowest BCUT2D eigenvalue weighted by molar-refractivity contribution is -0.00559. The van der Waals surface area contributed by atoms with E-state index >= 15 is 0 Å². The Morgan fingerprint density at radius 3 is 2.16 bits per heavy atom. The Labute approximate surface area is 112 Å². The summed E-state index contributed by atoms with van der Waals surface area (Å²) < 4.78 is 2.49. The molecule has 0 aromatic carbocycles. The monoisotopic (exact) mass is 269 g/mol. The average Bonchev–Trinajstić information content (AvgIpc) is 2.28. The van der Waals surface area contributed by atoms with Crippen molar-refractivity contribution < 1.29 is 5.11 Å². The summed E-state index contributed by atoms with van der Waals surface area (Å²) in [5, 5.41) is 13.2. The number of aromatic nitrogens is 2. The lowest BCUT2D eigenvalue weighted by atomic mass is 9.86. The molecule has 6 nitrogen and oxygen atoms in total. The normalized spacial score (nSPS) is 12.8. The van der Waals surface area contributed by atoms with Crippen molar-refractivity contribution in [1.29, 1.82) is 0 Å². The SMILES string of the molecule is Cn1c(CNC(C)(C)C(C)(C)O)cc(=O)n(C)c1=O. The van der Waals surface area contributed by atoms with Crippen LogP contribution in [0.15, 0.2) is 15.7 Å². The average molecular weight is 269 g/mol. The summed E-state index contributed by atoms with van der Waals surface area (Å²) in [6.07, 6.45) is 0. The Hall–Kier alpha value is -1.40. The number of nitrogens with zero attached hydrogens (tertiary/aromatic N) is 2. The van der Waals surface area contributed by atoms with Crippen LogP contribution >= 0.6 is 0 Å². The summed E-state index contributed by atoms with van der Waals surface area (Å²) in [6.45, 7) is 7.49. The van der Waals surface area contributed by atoms with Crippen LogP contribution in [-0.4, -0.2) is 25.4 Å². The number of hydrogen-bond donors (Lipinski definition) is 2. The van der Waals surface area contributed by atoms with Crippen LogP contribution in [0.3, 0.4) is 0 Å². The van der Waals surface area contributed by atoms with Gasteiger partial charge in [0.2, 0.25) is 0 Å². The van der Waals surface area contributed by atoms with E-state index < -0.39 is 11.1 Å². The van der Waals surface area contributed by atoms with Crippen LogP contribution in [0.2, 0.25) is 0 Å². The molecule has 0 unspecified atom stereocenters. The summed E-state index contributed by atoms with van der Waals surface area (Å²) in [6, 6.07) is 1.43. The van der Waals surface area contributed by atoms with E-state index in [4.69, 9.17) is 0 Å². The Balaban J connectivity index is 3.04. The van der Waals surface area contributed by atoms with Crippen molar-refractivity contribution in [3.05, 3.63) is 32.6 Å². The van der Waals surface area contributed by atoms with E-state index in [2.05, 4.69) is 5.32 Å². The van der Waals surface area contributed by atoms with Gasteiger partial charge in [-0.3, -0.25) is 13.9 Å². The molecule has 0 aliphatic carbocycles. The molecule has 1 aromatic heterocycles. The molecule has 2 N–H and O–H groups in total. The minimum atomic E-state index is -0.925. The van der Waals surface area contributed by atoms with E-state index in [0.717, 1.165) is 4.57 Å². The maximum atomic E-state index is 11.8. The van der Waals surface area contributed by atoms with Crippen LogP contribution in [0.5, 0.6) is 0 Å². The topological polar surface area (TPSA) is 76.3 Å². The van der Waals surface area contributed by atoms with Crippen molar-refractivity contribution in [2.75, 3.05) is 0 Å². The predicted octanol–water partition coefficient (Wildman–Crippen LogP) is -0.277. The minimum absolute atomic E-state index is 0.332. The number of hydrogen-bond acceptors (Lipinski definition) is 4. The molecule has 0 bridgehead atoms. The molecule has 1 aromatic rings. The fourth-order valence-corrected chi connectivity index (χ4v) is 1.48. The first kappa shape index (κ1) is 15.7. The van der Waals surface area contributed by atoms with Crippen LogP contribution in [-0.2, 0) is 20.6 Å². The van der Waals surface area contributed by atoms with E-state index in [1.54, 1.807) is 20.9 Å². The Bertz CT molecular complexity index is 576. The zero-order valence-electron chi connectivity index (χ0n) is 12.4. The summed E-state index contributed by atoms with van der Waals surface area (Å²) in [5.41, 5.74) is -1.58. The van der Waals surface area contributed by atoms with Gasteiger partial charge >= 0.3 is 5.69 Å². The van der Waals surface area contributed by atoms with Crippen LogP contribution < -0.4 is 16.6 Å². The molecule has 0 amide bonds. The van der Waals surface area contributed by atoms with Crippen molar-refractivity contribution in [1.82, 2.24) is 14.5 Å². The molecule has 6 heteroatoms. The number of nitrogens with one attached hydrogen (secondary N) is 1. The molecule has 0 saturated heterocycles. The van der Waals surface area contributed by atoms with Gasteiger partial charge in [0, 0.05) is 37.9 Å². The summed E-state index contributed by atoms with van der Waals surface area (Å²) in [5.74, 6) is 0. The van der Waals surface area contributed by atoms with Crippen LogP contribution in [0.1, 0.15) is 33.4 Å². The van der Waals surface area contributed by atoms with Crippen molar-refractivity contribution in [2.24, 2.45) is 14.1 Å². The number of rotatable bonds is 4. The van der Waals surface area contributed by atoms with E-state index in [1.165, 1.54) is 17.7 Å². The largest absolute Gasteiger partial charge is 0.389 e. The molecule has 0 atom stereocenters. The molecule has 0 radical (unpaired) electrons. The van der Waals surface area contributed by atoms with Gasteiger partial charge < -0.3 is 10.4 Å². The minimum Gasteiger partial charge on any atom is -0.389 e. The first-order chi connectivity index (χ1) is 8.47. The van der Waals surface area contributed by atoms with Crippen molar-refractivity contribution in [3.63, 3.8) is 0 Å². The fourth-order valence-electron chi connectivity index (χ4n) is 1.48. The standard InChI is InChI=1S/C13H23N3O3/c1-12(2,13(3,4)19)14-8-9-7-10(17)16(6)11(18)15(9)5/h7,14,19H,8H2,1-6H3. The zero-order chi connectivity index (χ0) is 15.0. The molecule has 1 rings (SSSR count). The summed E-state index contributed by atoms with van der Waals surface area (Å²) in [7, 11) is 3.07. The summed E-state index contributed by atoms with van der Waals surface area (Å²) in [4.78, 5) is 23.4. The van der Waals surface area contributed by atoms with Gasteiger partial charge in [-0.15, -0.1) is 0 Å². The first-order valence-corrected chi connectivity index (χ1v) is 6.21. The van der Waals surface area contributed by atoms with Crippen LogP contribution in [0.25, 0.3) is 0 Å². The third-order valence-corrected chi connectivity index (χ3v) is 3.87. The predicted molar refractivity (Wildman–Crippen MR) is 74.1 cm³/mol. The third kappa shape index (κ3) is 3.13. The Kier molecular flexibility index (Phi) is 4.07. The summed E-state index contributed by atoms with van der Waals surface area (Å²) >= 11 is 0. The molecular weight excluding hydrogens is 246 g/mol. The van der Waals surface area contributed by atoms with Gasteiger partial charge in [0.05, 0.1) is 5.60 Å². The van der Waals surface area contributed by atoms with Gasteiger partial charge in [-0.05, 0) is 27.7 Å². The molecule has 108 valence electrons. The fraction of sp³-hybridized carbons (Fsp3) is 0.692. The van der Waals surface area contributed by atoms with Gasteiger partial charge in [0.25, 0.3) is 5.56 Å². The van der Waals surface area contributed by atoms with E-state index in [1.807, 2.05) is 13.8 Å². The second-order valence-electron chi connectivity index (χ2n) is 5.91. The van der Waals surface area contributed by atoms with Crippen molar-refractivity contribution >= 4 is 0 Å². The van der Waals surface area contributed by atoms with E-state index in [0.29, 0.717) is 12.2 Å². The van der Waals surface area contributed by atoms with Gasteiger partial charge in [-0.25, -0.2) is 4.79 Å². The van der Waals surface area contributed by atoms with Crippen molar-refractivity contribution in [2.45, 2.75) is 45.4 Å². The molecule has 0 aliphatic heterocycles. The van der Waals surface area contributed by atoms with Gasteiger partial charge in [0.1, 0.15) is 0 Å². The van der Waals surface area contributed by atoms with Gasteiger partial charge in [-0.1, -0.05) is 0 Å². The lowest BCUT2D eigenvalue weighted by Crippen LogP contribution is -2.55. The van der Waals surface area contributed by atoms with Gasteiger partial charge in [-0.2, -0.15) is 0 Å². The first-order valence-electron chi connectivity index (χ1n) is 6.21. The Morgan fingerprint density at radius 2 is 1.68 bits per heavy atom. The number of aliphatic hydroxyl groups is 1. The van der Waals surface area contributed by atoms with Crippen molar-refractivity contribution in [3.8, 4) is 0 Å². The van der Waals surface area contributed by atoms with Gasteiger partial charge in [0.15, 0.2) is 0 Å². The second kappa shape index (κ2) is 4.94. The highest BCUT2D eigenvalue weighted by atomic mass is 16.3. The third-order valence-electron chi connectivity index (χ3n) is 3.87. The maximum Gasteiger partial charge on any atom is 0.330 e. The molecule has 0 aliphatic rings. The molecule has 0 saturated carbocycles. The smallest absolute Gasteiger partial charge is 0.330 e. The van der Waals surface area contributed by atoms with E-state index in [-0.39, 0.29) is 11.2 Å². The molecule has 0 fully saturated rings. The molecular formula is C13H23N3O3. The quantitative estimate of drug-likeness (QED) is 0.788. The highest BCUT2D eigenvalue weighted by molar-refractivity contribution is 5.04. The molecule has 0 spiro atoms. The van der Waals surface area contributed by atoms with Crippen LogP contribution in [0, 0.1) is 0 Å². The molecule has 19 heavy (non-hydrogen) atoms. The Morgan fingerprint density at radius 1 is 1.16 bits per heavy atom.